The molecule has 0 saturated heterocycles. The quantitative estimate of drug-likeness (QED) is 0.173. The highest BCUT2D eigenvalue weighted by Gasteiger charge is 2.32. The van der Waals surface area contributed by atoms with Gasteiger partial charge in [0.1, 0.15) is 0 Å². The number of carboxylic acid groups (broad SMARTS) is 3. The lowest BCUT2D eigenvalue weighted by atomic mass is 10.0. The Morgan fingerprint density at radius 3 is 1.76 bits per heavy atom. The molecule has 34 heavy (non-hydrogen) atoms. The summed E-state index contributed by atoms with van der Waals surface area (Å²) in [6.45, 7) is -1.64. The van der Waals surface area contributed by atoms with Crippen molar-refractivity contribution in [2.45, 2.75) is 25.0 Å². The second-order valence-electron chi connectivity index (χ2n) is 6.72. The van der Waals surface area contributed by atoms with E-state index in [4.69, 9.17) is 19.7 Å². The van der Waals surface area contributed by atoms with Gasteiger partial charge in [-0.15, -0.1) is 0 Å². The van der Waals surface area contributed by atoms with E-state index >= 15 is 0 Å². The lowest BCUT2D eigenvalue weighted by Gasteiger charge is -2.12. The third-order valence-corrected chi connectivity index (χ3v) is 4.21. The van der Waals surface area contributed by atoms with E-state index in [1.807, 2.05) is 0 Å². The van der Waals surface area contributed by atoms with Crippen LogP contribution in [0.5, 0.6) is 11.6 Å². The Balaban J connectivity index is 2.79. The van der Waals surface area contributed by atoms with E-state index < -0.39 is 102 Å². The van der Waals surface area contributed by atoms with Crippen molar-refractivity contribution < 1.29 is 69.2 Å². The molecular formula is C19H18NO14. The number of carbonyl (C=O) groups is 5. The van der Waals surface area contributed by atoms with Crippen LogP contribution in [0.1, 0.15) is 43.9 Å². The van der Waals surface area contributed by atoms with Crippen LogP contribution in [0, 0.1) is 6.07 Å². The van der Waals surface area contributed by atoms with Gasteiger partial charge in [-0.2, -0.15) is 0 Å². The van der Waals surface area contributed by atoms with Crippen molar-refractivity contribution >= 4 is 35.4 Å². The molecule has 183 valence electrons. The fourth-order valence-electron chi connectivity index (χ4n) is 2.76. The lowest BCUT2D eigenvalue weighted by Crippen LogP contribution is -2.23. The molecule has 0 aliphatic rings. The van der Waals surface area contributed by atoms with Gasteiger partial charge >= 0.3 is 29.8 Å². The minimum absolute atomic E-state index is 0.591. The number of carbonyl (C=O) groups excluding carboxylic acids is 2. The first-order valence-electron chi connectivity index (χ1n) is 9.24. The zero-order valence-electron chi connectivity index (χ0n) is 17.0. The van der Waals surface area contributed by atoms with Crippen LogP contribution in [0.3, 0.4) is 0 Å². The molecule has 0 aromatic carbocycles. The zero-order chi connectivity index (χ0) is 25.7. The number of rotatable bonds is 11. The Morgan fingerprint density at radius 2 is 1.32 bits per heavy atom. The first kappa shape index (κ1) is 26.2. The predicted molar refractivity (Wildman–Crippen MR) is 104 cm³/mol. The van der Waals surface area contributed by atoms with Crippen LogP contribution in [0.4, 0.5) is 0 Å². The molecule has 0 spiro atoms. The Kier molecular flexibility index (Phi) is 8.26. The van der Waals surface area contributed by atoms with Gasteiger partial charge in [0.25, 0.3) is 5.88 Å². The maximum atomic E-state index is 12.1. The Bertz CT molecular complexity index is 1150. The minimum Gasteiger partial charge on any atom is -0.478 e. The molecule has 2 atom stereocenters. The summed E-state index contributed by atoms with van der Waals surface area (Å²) in [6, 6.07) is 2.22. The fraction of sp³-hybridized carbons (Fsp3) is 0.316. The minimum atomic E-state index is -1.92. The second kappa shape index (κ2) is 10.7. The summed E-state index contributed by atoms with van der Waals surface area (Å²) < 4.78 is 10.5. The number of aliphatic hydroxyl groups excluding tert-OH is 4. The van der Waals surface area contributed by atoms with Crippen molar-refractivity contribution in [2.75, 3.05) is 13.2 Å². The maximum Gasteiger partial charge on any atom is 0.338 e. The number of aromatic nitrogens is 1. The highest BCUT2D eigenvalue weighted by Crippen LogP contribution is 2.36. The molecule has 15 nitrogen and oxygen atoms in total. The number of hydrogen-bond acceptors (Lipinski definition) is 11. The van der Waals surface area contributed by atoms with Gasteiger partial charge in [-0.25, -0.2) is 14.4 Å². The van der Waals surface area contributed by atoms with Crippen molar-refractivity contribution in [1.82, 2.24) is 4.40 Å². The molecule has 1 radical (unpaired) electrons. The van der Waals surface area contributed by atoms with Gasteiger partial charge in [-0.05, 0) is 0 Å². The Labute approximate surface area is 188 Å². The summed E-state index contributed by atoms with van der Waals surface area (Å²) in [5.74, 6) is -9.72. The Morgan fingerprint density at radius 1 is 0.824 bits per heavy atom. The summed E-state index contributed by atoms with van der Waals surface area (Å²) in [5.41, 5.74) is -3.91. The number of esters is 2. The standard InChI is InChI=1S/C19H18NO14/c21-5-7(23)1-12(25)33-11-3-10-15(19(31)32)14(18(29)30)9(17(27)28)4-20(10)16(11)34-13(26)2-8(24)6-22/h4,7-8,21-24H,1-2,5-6H2,(H,27,28)(H,29,30)(H,31,32). The molecule has 2 aromatic rings. The Hall–Kier alpha value is -4.05. The van der Waals surface area contributed by atoms with Crippen molar-refractivity contribution in [1.29, 1.82) is 0 Å². The summed E-state index contributed by atoms with van der Waals surface area (Å²) in [4.78, 5) is 59.3. The molecule has 7 N–H and O–H groups in total. The SMILES string of the molecule is O=C(CC(O)CO)Oc1[c]c2c(C(=O)O)c(C(=O)O)c(C(=O)O)cn2c1OC(=O)CC(O)CO. The van der Waals surface area contributed by atoms with E-state index in [0.717, 1.165) is 0 Å². The molecule has 15 heteroatoms. The van der Waals surface area contributed by atoms with E-state index in [-0.39, 0.29) is 0 Å². The highest BCUT2D eigenvalue weighted by atomic mass is 16.6. The molecule has 0 amide bonds. The average molecular weight is 484 g/mol. The van der Waals surface area contributed by atoms with Gasteiger partial charge in [0.05, 0.1) is 66.5 Å². The largest absolute Gasteiger partial charge is 0.478 e. The number of aliphatic hydroxyl groups is 4. The summed E-state index contributed by atoms with van der Waals surface area (Å²) >= 11 is 0. The number of aromatic carboxylic acids is 3. The van der Waals surface area contributed by atoms with Gasteiger partial charge in [-0.3, -0.25) is 14.0 Å². The number of carboxylic acids is 3. The molecule has 0 bridgehead atoms. The van der Waals surface area contributed by atoms with E-state index in [9.17, 15) is 49.5 Å². The fourth-order valence-corrected chi connectivity index (χ4v) is 2.76. The van der Waals surface area contributed by atoms with Crippen molar-refractivity contribution in [2.24, 2.45) is 0 Å². The first-order valence-corrected chi connectivity index (χ1v) is 9.24. The van der Waals surface area contributed by atoms with Crippen LogP contribution in [0.2, 0.25) is 0 Å². The molecule has 0 saturated carbocycles. The second-order valence-corrected chi connectivity index (χ2v) is 6.72. The monoisotopic (exact) mass is 484 g/mol. The van der Waals surface area contributed by atoms with Crippen molar-refractivity contribution in [3.8, 4) is 11.6 Å². The molecule has 0 aliphatic heterocycles. The van der Waals surface area contributed by atoms with E-state index in [0.29, 0.717) is 10.6 Å². The third-order valence-electron chi connectivity index (χ3n) is 4.21. The van der Waals surface area contributed by atoms with Crippen LogP contribution >= 0.6 is 0 Å². The lowest BCUT2D eigenvalue weighted by molar-refractivity contribution is -0.140. The number of pyridine rings is 1. The van der Waals surface area contributed by atoms with Gasteiger partial charge in [-0.1, -0.05) is 0 Å². The van der Waals surface area contributed by atoms with Crippen LogP contribution in [-0.4, -0.2) is 95.4 Å². The summed E-state index contributed by atoms with van der Waals surface area (Å²) in [7, 11) is 0. The van der Waals surface area contributed by atoms with Gasteiger partial charge in [0, 0.05) is 6.20 Å². The molecular weight excluding hydrogens is 466 g/mol. The van der Waals surface area contributed by atoms with E-state index in [1.54, 1.807) is 0 Å². The molecule has 2 heterocycles. The average Bonchev–Trinajstić information content (AvgIpc) is 3.07. The zero-order valence-corrected chi connectivity index (χ0v) is 17.0. The number of ether oxygens (including phenoxy) is 2. The normalized spacial score (nSPS) is 12.7. The predicted octanol–water partition coefficient (Wildman–Crippen LogP) is -1.87. The van der Waals surface area contributed by atoms with Crippen LogP contribution in [-0.2, 0) is 9.59 Å². The first-order chi connectivity index (χ1) is 15.9. The summed E-state index contributed by atoms with van der Waals surface area (Å²) in [6.07, 6.45) is -4.06. The van der Waals surface area contributed by atoms with Crippen molar-refractivity contribution in [3.63, 3.8) is 0 Å². The van der Waals surface area contributed by atoms with E-state index in [1.165, 1.54) is 0 Å². The molecule has 2 aromatic heterocycles. The topological polar surface area (TPSA) is 250 Å². The summed E-state index contributed by atoms with van der Waals surface area (Å²) in [5, 5.41) is 64.9. The number of nitrogens with zero attached hydrogens (tertiary/aromatic N) is 1. The van der Waals surface area contributed by atoms with Crippen LogP contribution < -0.4 is 9.47 Å². The third kappa shape index (κ3) is 5.65. The highest BCUT2D eigenvalue weighted by molar-refractivity contribution is 6.12. The smallest absolute Gasteiger partial charge is 0.338 e. The van der Waals surface area contributed by atoms with Gasteiger partial charge < -0.3 is 45.2 Å². The molecule has 0 aliphatic carbocycles. The van der Waals surface area contributed by atoms with Crippen molar-refractivity contribution in [3.05, 3.63) is 29.0 Å². The maximum absolute atomic E-state index is 12.1. The number of hydrogen-bond donors (Lipinski definition) is 7. The molecule has 2 rings (SSSR count). The van der Waals surface area contributed by atoms with Gasteiger partial charge in [0.2, 0.25) is 5.75 Å². The molecule has 0 fully saturated rings. The van der Waals surface area contributed by atoms with Gasteiger partial charge in [0.15, 0.2) is 0 Å². The van der Waals surface area contributed by atoms with Crippen LogP contribution in [0.15, 0.2) is 6.20 Å². The van der Waals surface area contributed by atoms with E-state index in [2.05, 4.69) is 6.07 Å². The molecule has 2 unspecified atom stereocenters. The number of fused-ring (bicyclic) bond motifs is 1. The van der Waals surface area contributed by atoms with Crippen LogP contribution in [0.25, 0.3) is 5.52 Å².